The van der Waals surface area contributed by atoms with Crippen molar-refractivity contribution >= 4 is 23.8 Å². The van der Waals surface area contributed by atoms with Gasteiger partial charge < -0.3 is 16.8 Å². The number of anilines is 2. The van der Waals surface area contributed by atoms with Crippen LogP contribution in [0.5, 0.6) is 0 Å². The molecule has 9 heteroatoms. The van der Waals surface area contributed by atoms with E-state index in [1.165, 1.54) is 0 Å². The maximum atomic E-state index is 12.0. The lowest BCUT2D eigenvalue weighted by Gasteiger charge is -2.12. The predicted molar refractivity (Wildman–Crippen MR) is 66.4 cm³/mol. The Morgan fingerprint density at radius 1 is 1.21 bits per heavy atom. The topological polar surface area (TPSA) is 140 Å². The molecule has 1 aliphatic rings. The fraction of sp³-hybridized carbons (Fsp3) is 0.500. The van der Waals surface area contributed by atoms with E-state index in [-0.39, 0.29) is 30.2 Å². The van der Waals surface area contributed by atoms with Crippen LogP contribution in [0.2, 0.25) is 0 Å². The Bertz CT molecular complexity index is 498. The monoisotopic (exact) mass is 265 g/mol. The molecule has 0 aromatic carbocycles. The number of nitrogens with one attached hydrogen (secondary N) is 1. The van der Waals surface area contributed by atoms with Gasteiger partial charge in [0.15, 0.2) is 5.82 Å². The van der Waals surface area contributed by atoms with Crippen LogP contribution in [0.1, 0.15) is 25.6 Å². The van der Waals surface area contributed by atoms with Crippen molar-refractivity contribution in [3.8, 4) is 0 Å². The highest BCUT2D eigenvalue weighted by Crippen LogP contribution is 2.13. The third-order valence-electron chi connectivity index (χ3n) is 2.70. The average molecular weight is 265 g/mol. The van der Waals surface area contributed by atoms with Gasteiger partial charge in [-0.3, -0.25) is 9.69 Å². The van der Waals surface area contributed by atoms with Crippen molar-refractivity contribution in [3.63, 3.8) is 0 Å². The van der Waals surface area contributed by atoms with Crippen LogP contribution >= 0.6 is 0 Å². The van der Waals surface area contributed by atoms with Crippen LogP contribution in [-0.2, 0) is 11.3 Å². The van der Waals surface area contributed by atoms with Gasteiger partial charge in [0.25, 0.3) is 5.91 Å². The molecule has 5 N–H and O–H groups in total. The number of carbonyl (C=O) groups is 2. The molecule has 1 aromatic rings. The first-order chi connectivity index (χ1) is 9.01. The molecule has 1 unspecified atom stereocenters. The molecule has 1 aromatic heterocycles. The quantitative estimate of drug-likeness (QED) is 0.608. The largest absolute Gasteiger partial charge is 0.368 e. The Morgan fingerprint density at radius 3 is 2.42 bits per heavy atom. The second-order valence-corrected chi connectivity index (χ2v) is 4.18. The van der Waals surface area contributed by atoms with Crippen LogP contribution < -0.4 is 16.8 Å². The number of amides is 3. The number of rotatable bonds is 4. The normalized spacial score (nSPS) is 18.8. The molecule has 19 heavy (non-hydrogen) atoms. The third kappa shape index (κ3) is 2.69. The fourth-order valence-corrected chi connectivity index (χ4v) is 1.88. The van der Waals surface area contributed by atoms with Gasteiger partial charge in [-0.25, -0.2) is 4.79 Å². The van der Waals surface area contributed by atoms with E-state index >= 15 is 0 Å². The summed E-state index contributed by atoms with van der Waals surface area (Å²) in [5, 5.41) is 2.61. The number of hydrogen-bond acceptors (Lipinski definition) is 7. The summed E-state index contributed by atoms with van der Waals surface area (Å²) in [5.41, 5.74) is 10.9. The lowest BCUT2D eigenvalue weighted by molar-refractivity contribution is -0.128. The Labute approximate surface area is 109 Å². The molecule has 1 atom stereocenters. The fourth-order valence-electron chi connectivity index (χ4n) is 1.88. The van der Waals surface area contributed by atoms with Crippen molar-refractivity contribution in [1.82, 2.24) is 25.2 Å². The number of aromatic nitrogens is 3. The lowest BCUT2D eigenvalue weighted by atomic mass is 10.2. The summed E-state index contributed by atoms with van der Waals surface area (Å²) in [6, 6.07) is -0.935. The summed E-state index contributed by atoms with van der Waals surface area (Å²) < 4.78 is 0. The molecule has 0 spiro atoms. The molecule has 1 saturated heterocycles. The molecule has 0 bridgehead atoms. The van der Waals surface area contributed by atoms with Gasteiger partial charge >= 0.3 is 6.03 Å². The molecule has 1 aliphatic heterocycles. The summed E-state index contributed by atoms with van der Waals surface area (Å²) in [5.74, 6) is -0.186. The summed E-state index contributed by atoms with van der Waals surface area (Å²) in [6.45, 7) is 1.87. The van der Waals surface area contributed by atoms with E-state index in [0.717, 1.165) is 11.3 Å². The molecule has 3 amide bonds. The van der Waals surface area contributed by atoms with Crippen molar-refractivity contribution in [1.29, 1.82) is 0 Å². The number of nitrogens with two attached hydrogens (primary N) is 2. The molecule has 0 radical (unpaired) electrons. The lowest BCUT2D eigenvalue weighted by Crippen LogP contribution is -2.32. The van der Waals surface area contributed by atoms with E-state index < -0.39 is 12.1 Å². The number of nitrogens with zero attached hydrogens (tertiary/aromatic N) is 4. The molecular formula is C10H15N7O2. The second-order valence-electron chi connectivity index (χ2n) is 4.18. The Hall–Kier alpha value is -2.45. The van der Waals surface area contributed by atoms with E-state index in [1.54, 1.807) is 0 Å². The maximum absolute atomic E-state index is 12.0. The average Bonchev–Trinajstić information content (AvgIpc) is 2.56. The van der Waals surface area contributed by atoms with Crippen molar-refractivity contribution in [3.05, 3.63) is 5.82 Å². The standard InChI is InChI=1S/C10H15N7O2/c1-2-3-5-7(18)17(10(19)13-5)4-6-14-8(11)16-9(12)15-6/h5H,2-4H2,1H3,(H,13,19)(H4,11,12,14,15,16). The summed E-state index contributed by atoms with van der Waals surface area (Å²) >= 11 is 0. The zero-order valence-electron chi connectivity index (χ0n) is 10.5. The second kappa shape index (κ2) is 5.04. The van der Waals surface area contributed by atoms with E-state index in [4.69, 9.17) is 11.5 Å². The zero-order valence-corrected chi connectivity index (χ0v) is 10.5. The highest BCUT2D eigenvalue weighted by Gasteiger charge is 2.37. The highest BCUT2D eigenvalue weighted by molar-refractivity contribution is 6.04. The minimum absolute atomic E-state index is 0.0420. The van der Waals surface area contributed by atoms with Crippen LogP contribution in [0.3, 0.4) is 0 Å². The first kappa shape index (κ1) is 13.0. The Balaban J connectivity index is 2.14. The van der Waals surface area contributed by atoms with Crippen LogP contribution in [-0.4, -0.2) is 37.8 Å². The molecule has 0 aliphatic carbocycles. The first-order valence-electron chi connectivity index (χ1n) is 5.89. The van der Waals surface area contributed by atoms with Gasteiger partial charge in [-0.1, -0.05) is 13.3 Å². The van der Waals surface area contributed by atoms with Gasteiger partial charge in [0.1, 0.15) is 6.04 Å². The molecule has 1 fully saturated rings. The number of hydrogen-bond donors (Lipinski definition) is 3. The molecule has 9 nitrogen and oxygen atoms in total. The van der Waals surface area contributed by atoms with Gasteiger partial charge in [0, 0.05) is 0 Å². The van der Waals surface area contributed by atoms with E-state index in [1.807, 2.05) is 6.92 Å². The van der Waals surface area contributed by atoms with Crippen LogP contribution in [0.4, 0.5) is 16.7 Å². The van der Waals surface area contributed by atoms with Gasteiger partial charge in [0.2, 0.25) is 11.9 Å². The molecule has 2 rings (SSSR count). The molecular weight excluding hydrogens is 250 g/mol. The van der Waals surface area contributed by atoms with Gasteiger partial charge in [-0.2, -0.15) is 15.0 Å². The minimum atomic E-state index is -0.478. The van der Waals surface area contributed by atoms with Crippen LogP contribution in [0.15, 0.2) is 0 Å². The third-order valence-corrected chi connectivity index (χ3v) is 2.70. The molecule has 0 saturated carbocycles. The number of imide groups is 1. The smallest absolute Gasteiger partial charge is 0.325 e. The maximum Gasteiger partial charge on any atom is 0.325 e. The summed E-state index contributed by atoms with van der Waals surface area (Å²) in [4.78, 5) is 36.0. The first-order valence-corrected chi connectivity index (χ1v) is 5.89. The highest BCUT2D eigenvalue weighted by atomic mass is 16.2. The summed E-state index contributed by atoms with van der Waals surface area (Å²) in [6.07, 6.45) is 1.40. The van der Waals surface area contributed by atoms with Crippen LogP contribution in [0.25, 0.3) is 0 Å². The van der Waals surface area contributed by atoms with Crippen molar-refractivity contribution < 1.29 is 9.59 Å². The van der Waals surface area contributed by atoms with Crippen molar-refractivity contribution in [2.24, 2.45) is 0 Å². The molecule has 102 valence electrons. The van der Waals surface area contributed by atoms with Gasteiger partial charge in [-0.05, 0) is 6.42 Å². The Morgan fingerprint density at radius 2 is 1.84 bits per heavy atom. The summed E-state index contributed by atoms with van der Waals surface area (Å²) in [7, 11) is 0. The number of nitrogen functional groups attached to an aromatic ring is 2. The van der Waals surface area contributed by atoms with E-state index in [0.29, 0.717) is 6.42 Å². The minimum Gasteiger partial charge on any atom is -0.368 e. The van der Waals surface area contributed by atoms with E-state index in [2.05, 4.69) is 20.3 Å². The number of urea groups is 1. The molecule has 2 heterocycles. The van der Waals surface area contributed by atoms with E-state index in [9.17, 15) is 9.59 Å². The van der Waals surface area contributed by atoms with Gasteiger partial charge in [0.05, 0.1) is 6.54 Å². The zero-order chi connectivity index (χ0) is 14.0. The van der Waals surface area contributed by atoms with Crippen molar-refractivity contribution in [2.75, 3.05) is 11.5 Å². The number of carbonyl (C=O) groups excluding carboxylic acids is 2. The Kier molecular flexibility index (Phi) is 3.45. The van der Waals surface area contributed by atoms with Crippen molar-refractivity contribution in [2.45, 2.75) is 32.4 Å². The SMILES string of the molecule is CCCC1NC(=O)N(Cc2nc(N)nc(N)n2)C1=O. The van der Waals surface area contributed by atoms with Crippen LogP contribution in [0, 0.1) is 0 Å². The predicted octanol–water partition coefficient (Wildman–Crippen LogP) is -0.743. The van der Waals surface area contributed by atoms with Gasteiger partial charge in [-0.15, -0.1) is 0 Å².